The number of aromatic nitrogens is 1. The monoisotopic (exact) mass is 288 g/mol. The highest BCUT2D eigenvalue weighted by Gasteiger charge is 2.17. The maximum absolute atomic E-state index is 11.0. The summed E-state index contributed by atoms with van der Waals surface area (Å²) in [7, 11) is -0.692. The SMILES string of the molecule is CC(CCS(C)=O)NCc1cnc(C(C)(C)C)s1. The summed E-state index contributed by atoms with van der Waals surface area (Å²) >= 11 is 1.77. The first-order chi connectivity index (χ1) is 8.29. The van der Waals surface area contributed by atoms with Crippen LogP contribution in [0.4, 0.5) is 0 Å². The molecule has 104 valence electrons. The van der Waals surface area contributed by atoms with E-state index < -0.39 is 10.8 Å². The van der Waals surface area contributed by atoms with Crippen molar-refractivity contribution < 1.29 is 4.21 Å². The smallest absolute Gasteiger partial charge is 0.0981 e. The zero-order chi connectivity index (χ0) is 13.8. The Balaban J connectivity index is 2.39. The van der Waals surface area contributed by atoms with Gasteiger partial charge in [-0.25, -0.2) is 4.98 Å². The molecule has 0 bridgehead atoms. The third-order valence-corrected chi connectivity index (χ3v) is 4.89. The minimum atomic E-state index is -0.692. The van der Waals surface area contributed by atoms with Gasteiger partial charge in [-0.2, -0.15) is 0 Å². The minimum Gasteiger partial charge on any atom is -0.309 e. The van der Waals surface area contributed by atoms with Crippen LogP contribution in [0.3, 0.4) is 0 Å². The average Bonchev–Trinajstić information content (AvgIpc) is 2.71. The molecule has 18 heavy (non-hydrogen) atoms. The molecule has 0 amide bonds. The maximum atomic E-state index is 11.0. The Kier molecular flexibility index (Phi) is 5.95. The van der Waals surface area contributed by atoms with Gasteiger partial charge in [-0.1, -0.05) is 20.8 Å². The fraction of sp³-hybridized carbons (Fsp3) is 0.769. The van der Waals surface area contributed by atoms with Crippen LogP contribution in [-0.4, -0.2) is 27.2 Å². The van der Waals surface area contributed by atoms with Crippen molar-refractivity contribution in [3.05, 3.63) is 16.1 Å². The van der Waals surface area contributed by atoms with E-state index in [1.807, 2.05) is 6.20 Å². The van der Waals surface area contributed by atoms with E-state index in [4.69, 9.17) is 0 Å². The summed E-state index contributed by atoms with van der Waals surface area (Å²) < 4.78 is 11.0. The van der Waals surface area contributed by atoms with Crippen LogP contribution in [0.15, 0.2) is 6.20 Å². The molecule has 0 saturated heterocycles. The topological polar surface area (TPSA) is 42.0 Å². The molecule has 0 fully saturated rings. The largest absolute Gasteiger partial charge is 0.309 e. The normalized spacial score (nSPS) is 15.6. The van der Waals surface area contributed by atoms with Gasteiger partial charge < -0.3 is 5.32 Å². The summed E-state index contributed by atoms with van der Waals surface area (Å²) in [4.78, 5) is 5.74. The Labute approximate surface area is 117 Å². The Bertz CT molecular complexity index is 396. The minimum absolute atomic E-state index is 0.133. The van der Waals surface area contributed by atoms with E-state index in [1.165, 1.54) is 9.88 Å². The van der Waals surface area contributed by atoms with Gasteiger partial charge in [0.15, 0.2) is 0 Å². The van der Waals surface area contributed by atoms with Crippen molar-refractivity contribution >= 4 is 22.1 Å². The quantitative estimate of drug-likeness (QED) is 0.875. The van der Waals surface area contributed by atoms with Crippen LogP contribution in [0.25, 0.3) is 0 Å². The van der Waals surface area contributed by atoms with E-state index in [1.54, 1.807) is 17.6 Å². The van der Waals surface area contributed by atoms with Gasteiger partial charge in [0, 0.05) is 51.9 Å². The summed E-state index contributed by atoms with van der Waals surface area (Å²) in [6.45, 7) is 9.54. The fourth-order valence-corrected chi connectivity index (χ4v) is 3.06. The first kappa shape index (κ1) is 15.8. The fourth-order valence-electron chi connectivity index (χ4n) is 1.46. The van der Waals surface area contributed by atoms with Crippen molar-refractivity contribution in [2.24, 2.45) is 0 Å². The van der Waals surface area contributed by atoms with E-state index in [2.05, 4.69) is 38.0 Å². The number of rotatable bonds is 6. The van der Waals surface area contributed by atoms with Crippen molar-refractivity contribution in [3.8, 4) is 0 Å². The third kappa shape index (κ3) is 5.59. The highest BCUT2D eigenvalue weighted by atomic mass is 32.2. The summed E-state index contributed by atoms with van der Waals surface area (Å²) in [5.41, 5.74) is 0.133. The van der Waals surface area contributed by atoms with E-state index in [9.17, 15) is 4.21 Å². The standard InChI is InChI=1S/C13H24N2OS2/c1-10(6-7-18(5)16)14-8-11-9-15-12(17-11)13(2,3)4/h9-10,14H,6-8H2,1-5H3. The van der Waals surface area contributed by atoms with Gasteiger partial charge in [0.25, 0.3) is 0 Å². The van der Waals surface area contributed by atoms with E-state index in [-0.39, 0.29) is 5.41 Å². The molecule has 0 saturated carbocycles. The van der Waals surface area contributed by atoms with Crippen molar-refractivity contribution in [2.75, 3.05) is 12.0 Å². The Morgan fingerprint density at radius 3 is 2.67 bits per heavy atom. The zero-order valence-electron chi connectivity index (χ0n) is 11.9. The lowest BCUT2D eigenvalue weighted by molar-refractivity contribution is 0.537. The van der Waals surface area contributed by atoms with Crippen LogP contribution in [0.2, 0.25) is 0 Å². The lowest BCUT2D eigenvalue weighted by Crippen LogP contribution is -2.26. The molecule has 0 aliphatic rings. The lowest BCUT2D eigenvalue weighted by Gasteiger charge is -2.14. The van der Waals surface area contributed by atoms with Gasteiger partial charge in [0.05, 0.1) is 5.01 Å². The Hall–Kier alpha value is -0.260. The second-order valence-corrected chi connectivity index (χ2v) is 8.40. The molecule has 0 radical (unpaired) electrons. The highest BCUT2D eigenvalue weighted by molar-refractivity contribution is 7.84. The molecule has 1 aromatic heterocycles. The molecule has 0 spiro atoms. The zero-order valence-corrected chi connectivity index (χ0v) is 13.6. The van der Waals surface area contributed by atoms with Crippen molar-refractivity contribution in [3.63, 3.8) is 0 Å². The van der Waals surface area contributed by atoms with Crippen LogP contribution in [0.1, 0.15) is 44.0 Å². The number of hydrogen-bond donors (Lipinski definition) is 1. The van der Waals surface area contributed by atoms with Gasteiger partial charge in [0.2, 0.25) is 0 Å². The van der Waals surface area contributed by atoms with Crippen LogP contribution >= 0.6 is 11.3 Å². The second kappa shape index (κ2) is 6.78. The Morgan fingerprint density at radius 2 is 2.17 bits per heavy atom. The molecule has 0 aromatic carbocycles. The molecule has 1 heterocycles. The number of thiazole rings is 1. The summed E-state index contributed by atoms with van der Waals surface area (Å²) in [6, 6.07) is 0.397. The molecule has 5 heteroatoms. The molecule has 1 aromatic rings. The Morgan fingerprint density at radius 1 is 1.50 bits per heavy atom. The molecule has 2 unspecified atom stereocenters. The molecule has 1 rings (SSSR count). The van der Waals surface area contributed by atoms with Crippen LogP contribution < -0.4 is 5.32 Å². The maximum Gasteiger partial charge on any atom is 0.0981 e. The first-order valence-corrected chi connectivity index (χ1v) is 8.82. The lowest BCUT2D eigenvalue weighted by atomic mass is 9.98. The van der Waals surface area contributed by atoms with E-state index >= 15 is 0 Å². The summed E-state index contributed by atoms with van der Waals surface area (Å²) in [6.07, 6.45) is 4.67. The molecular weight excluding hydrogens is 264 g/mol. The van der Waals surface area contributed by atoms with Crippen LogP contribution in [-0.2, 0) is 22.8 Å². The number of nitrogens with zero attached hydrogens (tertiary/aromatic N) is 1. The predicted octanol–water partition coefficient (Wildman–Crippen LogP) is 2.69. The second-order valence-electron chi connectivity index (χ2n) is 5.73. The molecule has 3 nitrogen and oxygen atoms in total. The molecule has 2 atom stereocenters. The van der Waals surface area contributed by atoms with Crippen LogP contribution in [0.5, 0.6) is 0 Å². The van der Waals surface area contributed by atoms with Gasteiger partial charge in [0.1, 0.15) is 0 Å². The molecular formula is C13H24N2OS2. The van der Waals surface area contributed by atoms with Gasteiger partial charge >= 0.3 is 0 Å². The van der Waals surface area contributed by atoms with Crippen LogP contribution in [0, 0.1) is 0 Å². The van der Waals surface area contributed by atoms with Crippen molar-refractivity contribution in [2.45, 2.75) is 52.1 Å². The van der Waals surface area contributed by atoms with Gasteiger partial charge in [-0.05, 0) is 13.3 Å². The summed E-state index contributed by atoms with van der Waals surface area (Å²) in [5.74, 6) is 0.768. The van der Waals surface area contributed by atoms with E-state index in [0.29, 0.717) is 6.04 Å². The first-order valence-electron chi connectivity index (χ1n) is 6.27. The highest BCUT2D eigenvalue weighted by Crippen LogP contribution is 2.26. The van der Waals surface area contributed by atoms with E-state index in [0.717, 1.165) is 18.7 Å². The third-order valence-electron chi connectivity index (χ3n) is 2.66. The van der Waals surface area contributed by atoms with Gasteiger partial charge in [-0.15, -0.1) is 11.3 Å². The molecule has 0 aliphatic heterocycles. The number of hydrogen-bond acceptors (Lipinski definition) is 4. The molecule has 0 aliphatic carbocycles. The summed E-state index contributed by atoms with van der Waals surface area (Å²) in [5, 5.41) is 4.64. The van der Waals surface area contributed by atoms with Gasteiger partial charge in [-0.3, -0.25) is 4.21 Å². The predicted molar refractivity (Wildman–Crippen MR) is 80.7 cm³/mol. The molecule has 1 N–H and O–H groups in total. The van der Waals surface area contributed by atoms with Crippen molar-refractivity contribution in [1.29, 1.82) is 0 Å². The number of nitrogens with one attached hydrogen (secondary N) is 1. The average molecular weight is 288 g/mol. The van der Waals surface area contributed by atoms with Crippen molar-refractivity contribution in [1.82, 2.24) is 10.3 Å².